The minimum Gasteiger partial charge on any atom is -0.408 e. The van der Waals surface area contributed by atoms with Crippen LogP contribution in [0.4, 0.5) is 51.7 Å². The van der Waals surface area contributed by atoms with Crippen LogP contribution in [0.3, 0.4) is 0 Å². The highest BCUT2D eigenvalue weighted by molar-refractivity contribution is 6.30. The fourth-order valence-electron chi connectivity index (χ4n) is 4.77. The first-order valence-corrected chi connectivity index (χ1v) is 14.9. The largest absolute Gasteiger partial charge is 0.417 e. The normalized spacial score (nSPS) is 11.5. The molecule has 0 unspecified atom stereocenters. The molecule has 12 nitrogen and oxygen atoms in total. The molecule has 0 atom stereocenters. The van der Waals surface area contributed by atoms with Gasteiger partial charge in [0.1, 0.15) is 16.9 Å². The van der Waals surface area contributed by atoms with Crippen molar-refractivity contribution in [2.75, 3.05) is 10.6 Å². The molecule has 4 aromatic carbocycles. The molecule has 6 rings (SSSR count). The molecule has 2 heterocycles. The summed E-state index contributed by atoms with van der Waals surface area (Å²) in [6, 6.07) is 13.0. The van der Waals surface area contributed by atoms with Gasteiger partial charge >= 0.3 is 35.9 Å². The van der Waals surface area contributed by atoms with E-state index >= 15 is 0 Å². The van der Waals surface area contributed by atoms with Gasteiger partial charge in [-0.25, -0.2) is 23.6 Å². The molecule has 20 heteroatoms. The van der Waals surface area contributed by atoms with E-state index in [0.29, 0.717) is 6.07 Å². The molecule has 0 aliphatic rings. The summed E-state index contributed by atoms with van der Waals surface area (Å²) >= 11 is 5.61. The van der Waals surface area contributed by atoms with Gasteiger partial charge in [-0.15, -0.1) is 0 Å². The lowest BCUT2D eigenvalue weighted by atomic mass is 10.1. The summed E-state index contributed by atoms with van der Waals surface area (Å²) in [5, 5.41) is 9.39. The predicted octanol–water partition coefficient (Wildman–Crippen LogP) is 7.72. The Kier molecular flexibility index (Phi) is 10.6. The third-order valence-corrected chi connectivity index (χ3v) is 7.28. The molecule has 0 aliphatic heterocycles. The number of urea groups is 2. The van der Waals surface area contributed by atoms with Crippen molar-refractivity contribution >= 4 is 57.2 Å². The van der Waals surface area contributed by atoms with Crippen LogP contribution >= 0.6 is 11.6 Å². The third-order valence-electron chi connectivity index (χ3n) is 7.04. The minimum atomic E-state index is -4.75. The monoisotopic (exact) mass is 754 g/mol. The van der Waals surface area contributed by atoms with Crippen LogP contribution < -0.4 is 32.8 Å². The standard InChI is InChI=1S/C16H11ClF3N3O3.C16H11F4N3O3/c2*17-9-5-4-8(10(6-9)16(18,19)20)7-21-14(24)22-11-2-1-3-12-13(11)23-15(25)26-12/h2*1-6H,7H2,(H,23,25)(H2,21,22,24). The number of halogens is 8. The third kappa shape index (κ3) is 9.10. The van der Waals surface area contributed by atoms with Crippen molar-refractivity contribution in [1.29, 1.82) is 0 Å². The van der Waals surface area contributed by atoms with Gasteiger partial charge in [0.2, 0.25) is 0 Å². The van der Waals surface area contributed by atoms with E-state index in [1.807, 2.05) is 0 Å². The average molecular weight is 755 g/mol. The summed E-state index contributed by atoms with van der Waals surface area (Å²) in [6.07, 6.45) is -9.35. The van der Waals surface area contributed by atoms with Crippen molar-refractivity contribution in [3.8, 4) is 0 Å². The summed E-state index contributed by atoms with van der Waals surface area (Å²) in [5.74, 6) is -2.43. The number of para-hydroxylation sites is 2. The fourth-order valence-corrected chi connectivity index (χ4v) is 4.94. The van der Waals surface area contributed by atoms with E-state index in [4.69, 9.17) is 20.4 Å². The van der Waals surface area contributed by atoms with Gasteiger partial charge in [0.15, 0.2) is 11.2 Å². The summed E-state index contributed by atoms with van der Waals surface area (Å²) in [4.78, 5) is 51.2. The van der Waals surface area contributed by atoms with E-state index < -0.39 is 59.4 Å². The van der Waals surface area contributed by atoms with E-state index in [9.17, 15) is 49.9 Å². The first-order valence-electron chi connectivity index (χ1n) is 14.5. The topological polar surface area (TPSA) is 174 Å². The first kappa shape index (κ1) is 37.0. The number of anilines is 2. The smallest absolute Gasteiger partial charge is 0.408 e. The second-order valence-corrected chi connectivity index (χ2v) is 11.0. The Morgan fingerprint density at radius 1 is 0.654 bits per heavy atom. The number of carbonyl (C=O) groups is 2. The Bertz CT molecular complexity index is 2220. The van der Waals surface area contributed by atoms with Gasteiger partial charge < -0.3 is 30.1 Å². The quantitative estimate of drug-likeness (QED) is 0.0950. The average Bonchev–Trinajstić information content (AvgIpc) is 3.65. The highest BCUT2D eigenvalue weighted by Crippen LogP contribution is 2.34. The van der Waals surface area contributed by atoms with E-state index in [0.717, 1.165) is 18.2 Å². The Balaban J connectivity index is 0.000000201. The number of hydrogen-bond donors (Lipinski definition) is 6. The van der Waals surface area contributed by atoms with Gasteiger partial charge in [-0.1, -0.05) is 35.9 Å². The Labute approximate surface area is 289 Å². The second kappa shape index (κ2) is 14.9. The van der Waals surface area contributed by atoms with Gasteiger partial charge in [-0.3, -0.25) is 9.97 Å². The van der Waals surface area contributed by atoms with E-state index in [1.165, 1.54) is 42.5 Å². The molecule has 0 aliphatic carbocycles. The van der Waals surface area contributed by atoms with Crippen molar-refractivity contribution in [2.45, 2.75) is 25.4 Å². The molecule has 6 aromatic rings. The highest BCUT2D eigenvalue weighted by Gasteiger charge is 2.34. The van der Waals surface area contributed by atoms with Crippen LogP contribution in [0.1, 0.15) is 22.3 Å². The van der Waals surface area contributed by atoms with Crippen LogP contribution in [0.2, 0.25) is 5.02 Å². The van der Waals surface area contributed by atoms with Gasteiger partial charge in [0.25, 0.3) is 0 Å². The number of H-pyrrole nitrogens is 2. The Hall–Kier alpha value is -6.24. The minimum absolute atomic E-state index is 0.0545. The zero-order chi connectivity index (χ0) is 37.8. The van der Waals surface area contributed by atoms with Crippen LogP contribution in [0.25, 0.3) is 22.2 Å². The maximum Gasteiger partial charge on any atom is 0.417 e. The fraction of sp³-hybridized carbons (Fsp3) is 0.125. The number of aromatic amines is 2. The number of fused-ring (bicyclic) bond motifs is 2. The molecule has 52 heavy (non-hydrogen) atoms. The van der Waals surface area contributed by atoms with Crippen molar-refractivity contribution in [2.24, 2.45) is 0 Å². The van der Waals surface area contributed by atoms with Gasteiger partial charge in [0, 0.05) is 18.1 Å². The van der Waals surface area contributed by atoms with E-state index in [-0.39, 0.29) is 56.3 Å². The SMILES string of the molecule is O=C(NCc1ccc(Cl)cc1C(F)(F)F)Nc1cccc2oc(=O)[nH]c12.O=C(NCc1ccc(F)cc1C(F)(F)F)Nc1cccc2oc(=O)[nH]c12. The molecule has 0 saturated heterocycles. The maximum atomic E-state index is 13.1. The number of nitrogens with one attached hydrogen (secondary N) is 6. The summed E-state index contributed by atoms with van der Waals surface area (Å²) in [5.41, 5.74) is -1.09. The zero-order valence-corrected chi connectivity index (χ0v) is 26.6. The molecule has 0 radical (unpaired) electrons. The lowest BCUT2D eigenvalue weighted by molar-refractivity contribution is -0.139. The highest BCUT2D eigenvalue weighted by atomic mass is 35.5. The van der Waals surface area contributed by atoms with Crippen LogP contribution in [-0.2, 0) is 25.4 Å². The molecule has 2 aromatic heterocycles. The first-order chi connectivity index (χ1) is 24.5. The lowest BCUT2D eigenvalue weighted by Crippen LogP contribution is -2.29. The second-order valence-electron chi connectivity index (χ2n) is 10.6. The summed E-state index contributed by atoms with van der Waals surface area (Å²) in [7, 11) is 0. The Morgan fingerprint density at radius 2 is 1.10 bits per heavy atom. The number of amides is 4. The molecule has 6 N–H and O–H groups in total. The number of benzene rings is 4. The molecule has 0 saturated carbocycles. The summed E-state index contributed by atoms with van der Waals surface area (Å²) in [6.45, 7) is -0.839. The number of oxazole rings is 2. The van der Waals surface area contributed by atoms with E-state index in [2.05, 4.69) is 31.2 Å². The molecule has 0 fully saturated rings. The Morgan fingerprint density at radius 3 is 1.56 bits per heavy atom. The number of hydrogen-bond acceptors (Lipinski definition) is 6. The predicted molar refractivity (Wildman–Crippen MR) is 173 cm³/mol. The molecular formula is C32H22ClF7N6O6. The molecule has 0 bridgehead atoms. The molecule has 4 amide bonds. The van der Waals surface area contributed by atoms with Crippen LogP contribution in [0.5, 0.6) is 0 Å². The number of aromatic nitrogens is 2. The molecule has 272 valence electrons. The number of carbonyl (C=O) groups excluding carboxylic acids is 2. The van der Waals surface area contributed by atoms with Crippen LogP contribution in [0.15, 0.2) is 91.2 Å². The van der Waals surface area contributed by atoms with Gasteiger partial charge in [-0.05, 0) is 59.7 Å². The zero-order valence-electron chi connectivity index (χ0n) is 25.8. The van der Waals surface area contributed by atoms with Gasteiger partial charge in [-0.2, -0.15) is 26.3 Å². The van der Waals surface area contributed by atoms with Gasteiger partial charge in [0.05, 0.1) is 22.5 Å². The van der Waals surface area contributed by atoms with Crippen LogP contribution in [0, 0.1) is 5.82 Å². The maximum absolute atomic E-state index is 13.1. The van der Waals surface area contributed by atoms with Crippen molar-refractivity contribution in [3.63, 3.8) is 0 Å². The lowest BCUT2D eigenvalue weighted by Gasteiger charge is -2.14. The van der Waals surface area contributed by atoms with Crippen molar-refractivity contribution in [1.82, 2.24) is 20.6 Å². The van der Waals surface area contributed by atoms with Crippen LogP contribution in [-0.4, -0.2) is 22.0 Å². The van der Waals surface area contributed by atoms with Crippen molar-refractivity contribution in [3.05, 3.63) is 127 Å². The summed E-state index contributed by atoms with van der Waals surface area (Å²) < 4.78 is 101. The molecule has 0 spiro atoms. The van der Waals surface area contributed by atoms with Crippen molar-refractivity contribution < 1.29 is 49.2 Å². The number of alkyl halides is 6. The number of rotatable bonds is 6. The molecular weight excluding hydrogens is 733 g/mol. The van der Waals surface area contributed by atoms with E-state index in [1.54, 1.807) is 6.07 Å².